The van der Waals surface area contributed by atoms with Crippen LogP contribution >= 0.6 is 0 Å². The largest absolute Gasteiger partial charge is 0.490 e. The number of amides is 1. The van der Waals surface area contributed by atoms with E-state index in [1.807, 2.05) is 42.5 Å². The molecule has 6 atom stereocenters. The zero-order chi connectivity index (χ0) is 46.8. The van der Waals surface area contributed by atoms with E-state index in [0.29, 0.717) is 36.7 Å². The Morgan fingerprint density at radius 1 is 0.833 bits per heavy atom. The van der Waals surface area contributed by atoms with Crippen LogP contribution in [0.2, 0.25) is 0 Å². The van der Waals surface area contributed by atoms with Crippen LogP contribution in [0, 0.1) is 17.8 Å². The summed E-state index contributed by atoms with van der Waals surface area (Å²) in [5.74, 6) is -0.681. The molecule has 0 bridgehead atoms. The predicted octanol–water partition coefficient (Wildman–Crippen LogP) is 10.5. The van der Waals surface area contributed by atoms with E-state index in [9.17, 15) is 20.1 Å². The molecular formula is C54H80N2O10. The topological polar surface area (TPSA) is 149 Å². The third-order valence-corrected chi connectivity index (χ3v) is 13.3. The molecule has 1 saturated carbocycles. The number of carbonyl (C=O) groups is 1. The number of carbonyl (C=O) groups excluding carboxylic acids is 1. The molecule has 0 aromatic heterocycles. The van der Waals surface area contributed by atoms with Gasteiger partial charge in [0.15, 0.2) is 0 Å². The first-order chi connectivity index (χ1) is 32.5. The summed E-state index contributed by atoms with van der Waals surface area (Å²) in [7, 11) is 0. The molecule has 1 amide bonds. The second kappa shape index (κ2) is 29.5. The Balaban J connectivity index is 1.60. The highest BCUT2D eigenvalue weighted by Crippen LogP contribution is 2.62. The van der Waals surface area contributed by atoms with Crippen molar-refractivity contribution in [1.82, 2.24) is 4.90 Å². The Labute approximate surface area is 395 Å². The summed E-state index contributed by atoms with van der Waals surface area (Å²) in [6.45, 7) is 11.6. The zero-order valence-electron chi connectivity index (χ0n) is 39.8. The van der Waals surface area contributed by atoms with Crippen LogP contribution in [0.5, 0.6) is 11.5 Å². The summed E-state index contributed by atoms with van der Waals surface area (Å²) in [6, 6.07) is 15.0. The van der Waals surface area contributed by atoms with Crippen molar-refractivity contribution in [3.63, 3.8) is 0 Å². The molecule has 1 fully saturated rings. The molecule has 1 heterocycles. The maximum atomic E-state index is 14.8. The summed E-state index contributed by atoms with van der Waals surface area (Å²) in [5.41, 5.74) is 3.58. The van der Waals surface area contributed by atoms with Gasteiger partial charge in [0, 0.05) is 37.7 Å². The van der Waals surface area contributed by atoms with Crippen LogP contribution in [0.3, 0.4) is 0 Å². The van der Waals surface area contributed by atoms with Gasteiger partial charge >= 0.3 is 6.09 Å². The maximum absolute atomic E-state index is 14.8. The van der Waals surface area contributed by atoms with Gasteiger partial charge in [0.05, 0.1) is 44.7 Å². The first-order valence-electron chi connectivity index (χ1n) is 25.1. The van der Waals surface area contributed by atoms with Crippen LogP contribution in [-0.4, -0.2) is 103 Å². The van der Waals surface area contributed by atoms with E-state index in [-0.39, 0.29) is 83.6 Å². The Bertz CT molecular complexity index is 1790. The molecule has 0 unspecified atom stereocenters. The fourth-order valence-corrected chi connectivity index (χ4v) is 10.2. The standard InChI is InChI=1S/C54H80N2O10/c1-4-7-8-9-10-11-12-13-14-22-35-63-53(60)56(29-36-61-37-32-59)50-40-48(55-65-41-42-23-16-15-17-24-42)46-38-43(25-18-20-30-57)45(26-19-21-31-58)51-47-39-44(62-33-5-2)27-28-49(47)66-54(50,52(46)51)64-34-6-3/h5-6,15-17,23-24,27-28,38-39,43,45,50-52,57-59H,2-4,7-14,18-22,25-26,29-37,40-41H2,1H3/t43-,45+,50-,51+,52+,54+/m0/s1. The molecule has 0 spiro atoms. The Morgan fingerprint density at radius 3 is 2.24 bits per heavy atom. The molecule has 5 rings (SSSR count). The summed E-state index contributed by atoms with van der Waals surface area (Å²) >= 11 is 0. The maximum Gasteiger partial charge on any atom is 0.410 e. The van der Waals surface area contributed by atoms with E-state index in [4.69, 9.17) is 33.7 Å². The van der Waals surface area contributed by atoms with Crippen LogP contribution in [-0.2, 0) is 25.7 Å². The lowest BCUT2D eigenvalue weighted by Crippen LogP contribution is -2.70. The Kier molecular flexibility index (Phi) is 23.6. The number of unbranched alkanes of at least 4 members (excludes halogenated alkanes) is 11. The molecule has 1 aliphatic heterocycles. The number of rotatable bonds is 34. The first kappa shape index (κ1) is 52.8. The van der Waals surface area contributed by atoms with Crippen molar-refractivity contribution in [2.24, 2.45) is 22.9 Å². The predicted molar refractivity (Wildman–Crippen MR) is 260 cm³/mol. The molecule has 366 valence electrons. The molecular weight excluding hydrogens is 837 g/mol. The monoisotopic (exact) mass is 917 g/mol. The van der Waals surface area contributed by atoms with Crippen LogP contribution in [0.15, 0.2) is 90.6 Å². The minimum absolute atomic E-state index is 0.0582. The second-order valence-corrected chi connectivity index (χ2v) is 18.0. The van der Waals surface area contributed by atoms with Gasteiger partial charge in [-0.25, -0.2) is 4.79 Å². The summed E-state index contributed by atoms with van der Waals surface area (Å²) in [6.07, 6.45) is 21.8. The SMILES string of the molecule is C=CCOc1ccc2c(c1)[C@H]1[C@H](CCCCO)[C@@H](CCCCO)C=C3C(=NOCc4ccccc4)C[C@H](N(CCOCCO)C(=O)OCCCCCCCCCCCC)[C@@](OCC=C)(O2)[C@H]31. The number of allylic oxidation sites excluding steroid dienone is 1. The smallest absolute Gasteiger partial charge is 0.410 e. The highest BCUT2D eigenvalue weighted by Gasteiger charge is 2.65. The van der Waals surface area contributed by atoms with E-state index in [0.717, 1.165) is 61.6 Å². The van der Waals surface area contributed by atoms with Crippen molar-refractivity contribution >= 4 is 11.8 Å². The van der Waals surface area contributed by atoms with Crippen LogP contribution < -0.4 is 9.47 Å². The minimum atomic E-state index is -1.45. The lowest BCUT2D eigenvalue weighted by molar-refractivity contribution is -0.256. The van der Waals surface area contributed by atoms with Crippen molar-refractivity contribution in [1.29, 1.82) is 0 Å². The van der Waals surface area contributed by atoms with Crippen molar-refractivity contribution in [3.05, 3.63) is 96.6 Å². The number of hydrogen-bond acceptors (Lipinski definition) is 11. The summed E-state index contributed by atoms with van der Waals surface area (Å²) in [5, 5.41) is 34.5. The number of fused-ring (bicyclic) bond motifs is 2. The average Bonchev–Trinajstić information content (AvgIpc) is 3.33. The van der Waals surface area contributed by atoms with Crippen LogP contribution in [0.25, 0.3) is 0 Å². The molecule has 2 aromatic carbocycles. The van der Waals surface area contributed by atoms with Gasteiger partial charge in [-0.3, -0.25) is 4.90 Å². The van der Waals surface area contributed by atoms with Gasteiger partial charge in [-0.2, -0.15) is 0 Å². The van der Waals surface area contributed by atoms with E-state index in [2.05, 4.69) is 32.2 Å². The molecule has 0 saturated heterocycles. The quantitative estimate of drug-likeness (QED) is 0.0352. The van der Waals surface area contributed by atoms with Crippen molar-refractivity contribution < 1.29 is 48.6 Å². The average molecular weight is 917 g/mol. The van der Waals surface area contributed by atoms with Crippen molar-refractivity contribution in [2.45, 2.75) is 140 Å². The second-order valence-electron chi connectivity index (χ2n) is 18.0. The Hall–Kier alpha value is -4.20. The number of hydrogen-bond donors (Lipinski definition) is 3. The number of benzene rings is 2. The summed E-state index contributed by atoms with van der Waals surface area (Å²) in [4.78, 5) is 22.7. The molecule has 3 aliphatic rings. The number of aliphatic hydroxyl groups is 3. The fraction of sp³-hybridized carbons (Fsp3) is 0.630. The van der Waals surface area contributed by atoms with Gasteiger partial charge in [-0.15, -0.1) is 6.58 Å². The van der Waals surface area contributed by atoms with Crippen molar-refractivity contribution in [2.75, 3.05) is 59.4 Å². The molecule has 66 heavy (non-hydrogen) atoms. The lowest BCUT2D eigenvalue weighted by Gasteiger charge is -2.59. The van der Waals surface area contributed by atoms with E-state index < -0.39 is 23.8 Å². The van der Waals surface area contributed by atoms with Gasteiger partial charge in [0.2, 0.25) is 5.79 Å². The molecule has 2 aliphatic carbocycles. The Morgan fingerprint density at radius 2 is 1.55 bits per heavy atom. The lowest BCUT2D eigenvalue weighted by atomic mass is 9.55. The minimum Gasteiger partial charge on any atom is -0.490 e. The fourth-order valence-electron chi connectivity index (χ4n) is 10.2. The highest BCUT2D eigenvalue weighted by atomic mass is 16.7. The first-order valence-corrected chi connectivity index (χ1v) is 25.1. The van der Waals surface area contributed by atoms with E-state index >= 15 is 0 Å². The van der Waals surface area contributed by atoms with Crippen LogP contribution in [0.4, 0.5) is 4.79 Å². The third kappa shape index (κ3) is 14.9. The molecule has 12 heteroatoms. The summed E-state index contributed by atoms with van der Waals surface area (Å²) < 4.78 is 32.6. The number of nitrogens with zero attached hydrogens (tertiary/aromatic N) is 2. The highest BCUT2D eigenvalue weighted by molar-refractivity contribution is 6.03. The van der Waals surface area contributed by atoms with Gasteiger partial charge in [-0.1, -0.05) is 138 Å². The van der Waals surface area contributed by atoms with Crippen LogP contribution in [0.1, 0.15) is 133 Å². The molecule has 2 aromatic rings. The molecule has 0 radical (unpaired) electrons. The van der Waals surface area contributed by atoms with Gasteiger partial charge < -0.3 is 43.8 Å². The van der Waals surface area contributed by atoms with E-state index in [1.165, 1.54) is 44.9 Å². The molecule has 12 nitrogen and oxygen atoms in total. The third-order valence-electron chi connectivity index (χ3n) is 13.3. The van der Waals surface area contributed by atoms with Gasteiger partial charge in [0.1, 0.15) is 30.8 Å². The van der Waals surface area contributed by atoms with Gasteiger partial charge in [-0.05, 0) is 73.3 Å². The number of aliphatic hydroxyl groups excluding tert-OH is 3. The number of ether oxygens (including phenoxy) is 5. The zero-order valence-corrected chi connectivity index (χ0v) is 39.8. The van der Waals surface area contributed by atoms with Crippen molar-refractivity contribution in [3.8, 4) is 11.5 Å². The normalized spacial score (nSPS) is 22.4. The molecule has 3 N–H and O–H groups in total. The number of oxime groups is 1. The van der Waals surface area contributed by atoms with E-state index in [1.54, 1.807) is 17.1 Å². The van der Waals surface area contributed by atoms with Gasteiger partial charge in [0.25, 0.3) is 0 Å².